The molecule has 2 N–H and O–H groups in total. The fourth-order valence-corrected chi connectivity index (χ4v) is 2.11. The van der Waals surface area contributed by atoms with Crippen LogP contribution in [0.5, 0.6) is 0 Å². The molecule has 22 heavy (non-hydrogen) atoms. The number of para-hydroxylation sites is 2. The number of hydrogen-bond donors (Lipinski definition) is 2. The largest absolute Gasteiger partial charge is 0.319 e. The van der Waals surface area contributed by atoms with Crippen molar-refractivity contribution in [1.82, 2.24) is 15.0 Å². The van der Waals surface area contributed by atoms with Crippen molar-refractivity contribution >= 4 is 22.8 Å². The summed E-state index contributed by atoms with van der Waals surface area (Å²) in [5.74, 6) is 0.293. The number of nitrogens with one attached hydrogen (secondary N) is 2. The molecule has 3 aromatic rings. The van der Waals surface area contributed by atoms with Crippen molar-refractivity contribution in [2.75, 3.05) is 5.32 Å². The second-order valence-electron chi connectivity index (χ2n) is 4.79. The molecule has 0 aliphatic rings. The molecule has 2 heterocycles. The Morgan fingerprint density at radius 3 is 2.77 bits per heavy atom. The van der Waals surface area contributed by atoms with Crippen molar-refractivity contribution in [3.8, 4) is 0 Å². The van der Waals surface area contributed by atoms with Crippen molar-refractivity contribution < 1.29 is 4.79 Å². The van der Waals surface area contributed by atoms with E-state index in [-0.39, 0.29) is 24.3 Å². The molecule has 0 spiro atoms. The second-order valence-corrected chi connectivity index (χ2v) is 4.79. The van der Waals surface area contributed by atoms with Gasteiger partial charge in [0.25, 0.3) is 5.56 Å². The molecule has 3 rings (SSSR count). The molecule has 0 unspecified atom stereocenters. The molecule has 0 atom stereocenters. The molecule has 0 aliphatic heterocycles. The zero-order valence-corrected chi connectivity index (χ0v) is 11.7. The number of nitrogens with zero attached hydrogens (tertiary/aromatic N) is 2. The van der Waals surface area contributed by atoms with Crippen molar-refractivity contribution in [3.05, 3.63) is 64.7 Å². The molecule has 0 aliphatic carbocycles. The van der Waals surface area contributed by atoms with E-state index in [2.05, 4.69) is 20.3 Å². The predicted octanol–water partition coefficient (Wildman–Crippen LogP) is 1.89. The summed E-state index contributed by atoms with van der Waals surface area (Å²) in [6.45, 7) is 0. The fraction of sp³-hybridized carbons (Fsp3) is 0.125. The molecule has 0 saturated heterocycles. The van der Waals surface area contributed by atoms with Gasteiger partial charge < -0.3 is 10.3 Å². The van der Waals surface area contributed by atoms with E-state index in [9.17, 15) is 9.59 Å². The van der Waals surface area contributed by atoms with Gasteiger partial charge in [-0.1, -0.05) is 18.2 Å². The van der Waals surface area contributed by atoms with E-state index in [1.54, 1.807) is 30.5 Å². The van der Waals surface area contributed by atoms with E-state index in [0.29, 0.717) is 22.5 Å². The summed E-state index contributed by atoms with van der Waals surface area (Å²) in [6.07, 6.45) is 2.05. The van der Waals surface area contributed by atoms with Crippen LogP contribution in [0.25, 0.3) is 11.0 Å². The molecular formula is C16H14N4O2. The van der Waals surface area contributed by atoms with E-state index < -0.39 is 0 Å². The average molecular weight is 294 g/mol. The minimum atomic E-state index is -0.260. The molecule has 110 valence electrons. The van der Waals surface area contributed by atoms with Gasteiger partial charge in [-0.3, -0.25) is 9.59 Å². The van der Waals surface area contributed by atoms with Crippen LogP contribution in [-0.2, 0) is 11.2 Å². The number of amides is 1. The topological polar surface area (TPSA) is 87.7 Å². The SMILES string of the molecule is O=C(CCc1nc2ccccc2[nH]c1=O)Nc1ccccn1. The highest BCUT2D eigenvalue weighted by Gasteiger charge is 2.08. The van der Waals surface area contributed by atoms with E-state index in [1.165, 1.54) is 0 Å². The van der Waals surface area contributed by atoms with Gasteiger partial charge in [0.05, 0.1) is 11.0 Å². The van der Waals surface area contributed by atoms with Crippen molar-refractivity contribution in [2.24, 2.45) is 0 Å². The predicted molar refractivity (Wildman–Crippen MR) is 83.6 cm³/mol. The molecule has 0 radical (unpaired) electrons. The summed E-state index contributed by atoms with van der Waals surface area (Å²) in [7, 11) is 0. The van der Waals surface area contributed by atoms with Gasteiger partial charge in [-0.15, -0.1) is 0 Å². The van der Waals surface area contributed by atoms with Crippen LogP contribution in [0.4, 0.5) is 5.82 Å². The van der Waals surface area contributed by atoms with Crippen LogP contribution in [-0.4, -0.2) is 20.9 Å². The maximum Gasteiger partial charge on any atom is 0.270 e. The molecular weight excluding hydrogens is 280 g/mol. The zero-order chi connectivity index (χ0) is 15.4. The number of fused-ring (bicyclic) bond motifs is 1. The summed E-state index contributed by atoms with van der Waals surface area (Å²) in [6, 6.07) is 12.6. The molecule has 2 aromatic heterocycles. The Labute approximate surface area is 126 Å². The number of aromatic nitrogens is 3. The number of rotatable bonds is 4. The number of carbonyl (C=O) groups is 1. The van der Waals surface area contributed by atoms with E-state index in [0.717, 1.165) is 0 Å². The van der Waals surface area contributed by atoms with Gasteiger partial charge in [0, 0.05) is 19.0 Å². The Hall–Kier alpha value is -3.02. The Morgan fingerprint density at radius 2 is 1.95 bits per heavy atom. The lowest BCUT2D eigenvalue weighted by molar-refractivity contribution is -0.116. The van der Waals surface area contributed by atoms with Crippen molar-refractivity contribution in [1.29, 1.82) is 0 Å². The summed E-state index contributed by atoms with van der Waals surface area (Å²) >= 11 is 0. The van der Waals surface area contributed by atoms with Gasteiger partial charge in [0.2, 0.25) is 5.91 Å². The zero-order valence-electron chi connectivity index (χ0n) is 11.7. The van der Waals surface area contributed by atoms with E-state index in [1.807, 2.05) is 18.2 Å². The third kappa shape index (κ3) is 3.17. The highest BCUT2D eigenvalue weighted by atomic mass is 16.1. The summed E-state index contributed by atoms with van der Waals surface area (Å²) in [5.41, 5.74) is 1.50. The average Bonchev–Trinajstić information content (AvgIpc) is 2.54. The number of carbonyl (C=O) groups excluding carboxylic acids is 1. The lowest BCUT2D eigenvalue weighted by Gasteiger charge is -2.04. The maximum atomic E-state index is 11.9. The van der Waals surface area contributed by atoms with E-state index >= 15 is 0 Å². The third-order valence-electron chi connectivity index (χ3n) is 3.19. The quantitative estimate of drug-likeness (QED) is 0.769. The van der Waals surface area contributed by atoms with Crippen LogP contribution in [0.3, 0.4) is 0 Å². The van der Waals surface area contributed by atoms with Crippen LogP contribution < -0.4 is 10.9 Å². The smallest absolute Gasteiger partial charge is 0.270 e. The molecule has 1 amide bonds. The second kappa shape index (κ2) is 6.17. The summed E-state index contributed by atoms with van der Waals surface area (Å²) < 4.78 is 0. The lowest BCUT2D eigenvalue weighted by atomic mass is 10.2. The number of aromatic amines is 1. The highest BCUT2D eigenvalue weighted by Crippen LogP contribution is 2.07. The van der Waals surface area contributed by atoms with Crippen molar-refractivity contribution in [2.45, 2.75) is 12.8 Å². The molecule has 1 aromatic carbocycles. The van der Waals surface area contributed by atoms with Gasteiger partial charge in [-0.2, -0.15) is 0 Å². The van der Waals surface area contributed by atoms with Gasteiger partial charge in [-0.25, -0.2) is 9.97 Å². The number of benzene rings is 1. The summed E-state index contributed by atoms with van der Waals surface area (Å²) in [4.78, 5) is 34.9. The van der Waals surface area contributed by atoms with Crippen LogP contribution in [0.2, 0.25) is 0 Å². The molecule has 0 saturated carbocycles. The van der Waals surface area contributed by atoms with Crippen LogP contribution in [0.15, 0.2) is 53.5 Å². The Morgan fingerprint density at radius 1 is 1.14 bits per heavy atom. The normalized spacial score (nSPS) is 10.5. The number of H-pyrrole nitrogens is 1. The first kappa shape index (κ1) is 13.9. The van der Waals surface area contributed by atoms with Crippen molar-refractivity contribution in [3.63, 3.8) is 0 Å². The minimum Gasteiger partial charge on any atom is -0.319 e. The van der Waals surface area contributed by atoms with Crippen LogP contribution in [0, 0.1) is 0 Å². The number of aryl methyl sites for hydroxylation is 1. The summed E-state index contributed by atoms with van der Waals surface area (Å²) in [5, 5.41) is 2.68. The Balaban J connectivity index is 1.70. The first-order chi connectivity index (χ1) is 10.7. The molecule has 0 fully saturated rings. The van der Waals surface area contributed by atoms with Crippen LogP contribution in [0.1, 0.15) is 12.1 Å². The maximum absolute atomic E-state index is 11.9. The lowest BCUT2D eigenvalue weighted by Crippen LogP contribution is -2.19. The minimum absolute atomic E-state index is 0.172. The number of pyridine rings is 1. The van der Waals surface area contributed by atoms with Gasteiger partial charge in [0.1, 0.15) is 11.5 Å². The standard InChI is InChI=1S/C16H14N4O2/c21-15(20-14-7-3-4-10-17-14)9-8-13-16(22)19-12-6-2-1-5-11(12)18-13/h1-7,10H,8-9H2,(H,19,22)(H,17,20,21). The molecule has 6 heteroatoms. The molecule has 6 nitrogen and oxygen atoms in total. The van der Waals surface area contributed by atoms with Gasteiger partial charge in [0.15, 0.2) is 0 Å². The fourth-order valence-electron chi connectivity index (χ4n) is 2.11. The Bertz CT molecular complexity index is 859. The van der Waals surface area contributed by atoms with Crippen LogP contribution >= 0.6 is 0 Å². The number of anilines is 1. The Kier molecular flexibility index (Phi) is 3.91. The van der Waals surface area contributed by atoms with E-state index in [4.69, 9.17) is 0 Å². The highest BCUT2D eigenvalue weighted by molar-refractivity contribution is 5.89. The third-order valence-corrected chi connectivity index (χ3v) is 3.19. The monoisotopic (exact) mass is 294 g/mol. The first-order valence-corrected chi connectivity index (χ1v) is 6.91. The molecule has 0 bridgehead atoms. The van der Waals surface area contributed by atoms with Gasteiger partial charge in [-0.05, 0) is 24.3 Å². The first-order valence-electron chi connectivity index (χ1n) is 6.91. The van der Waals surface area contributed by atoms with Gasteiger partial charge >= 0.3 is 0 Å². The number of hydrogen-bond acceptors (Lipinski definition) is 4.